The lowest BCUT2D eigenvalue weighted by Crippen LogP contribution is -2.53. The summed E-state index contributed by atoms with van der Waals surface area (Å²) in [6.07, 6.45) is 2.50. The van der Waals surface area contributed by atoms with Crippen LogP contribution in [0.1, 0.15) is 55.7 Å². The predicted octanol–water partition coefficient (Wildman–Crippen LogP) is 3.55. The number of aryl methyl sites for hydroxylation is 1. The largest absolute Gasteiger partial charge is 0.447 e. The Hall–Kier alpha value is -3.07. The van der Waals surface area contributed by atoms with Gasteiger partial charge in [-0.1, -0.05) is 35.8 Å². The third-order valence-electron chi connectivity index (χ3n) is 5.62. The normalized spacial score (nSPS) is 16.6. The van der Waals surface area contributed by atoms with Crippen molar-refractivity contribution in [1.82, 2.24) is 20.7 Å². The zero-order chi connectivity index (χ0) is 24.5. The van der Waals surface area contributed by atoms with Crippen molar-refractivity contribution in [2.45, 2.75) is 58.0 Å². The second-order valence-corrected chi connectivity index (χ2v) is 8.78. The van der Waals surface area contributed by atoms with E-state index in [0.29, 0.717) is 36.0 Å². The lowest BCUT2D eigenvalue weighted by molar-refractivity contribution is -0.142. The van der Waals surface area contributed by atoms with Gasteiger partial charge in [-0.25, -0.2) is 4.79 Å². The molecule has 0 aliphatic carbocycles. The number of alkyl carbamates (subject to hydrolysis) is 1. The predicted molar refractivity (Wildman–Crippen MR) is 126 cm³/mol. The maximum Gasteiger partial charge on any atom is 0.407 e. The van der Waals surface area contributed by atoms with Crippen LogP contribution >= 0.6 is 11.6 Å². The highest BCUT2D eigenvalue weighted by molar-refractivity contribution is 6.30. The summed E-state index contributed by atoms with van der Waals surface area (Å²) in [5.41, 5.74) is 1.44. The van der Waals surface area contributed by atoms with Gasteiger partial charge in [0, 0.05) is 24.2 Å². The second-order valence-electron chi connectivity index (χ2n) is 8.35. The molecule has 9 nitrogen and oxygen atoms in total. The molecule has 1 saturated heterocycles. The van der Waals surface area contributed by atoms with Crippen molar-refractivity contribution in [3.63, 3.8) is 0 Å². The summed E-state index contributed by atoms with van der Waals surface area (Å²) in [5.74, 6) is -0.00804. The fraction of sp³-hybridized carbons (Fsp3) is 0.500. The van der Waals surface area contributed by atoms with Crippen molar-refractivity contribution in [2.75, 3.05) is 19.7 Å². The average Bonchev–Trinajstić information content (AvgIpc) is 3.25. The van der Waals surface area contributed by atoms with Crippen LogP contribution in [0.4, 0.5) is 4.79 Å². The van der Waals surface area contributed by atoms with Gasteiger partial charge in [0.2, 0.25) is 11.8 Å². The third kappa shape index (κ3) is 7.21. The standard InChI is InChI=1S/C24H31ClN4O5/c1-3-11-26-24(32)33-15-20(17-7-9-18(25)10-8-17)27-23(31)21-6-4-5-12-29(21)22(30)14-19-13-16(2)28-34-19/h7-10,13,20-21H,3-6,11-12,14-15H2,1-2H3,(H,26,32)(H,27,31)/t20-,21-/m0/s1. The fourth-order valence-electron chi connectivity index (χ4n) is 3.87. The molecule has 2 aromatic rings. The summed E-state index contributed by atoms with van der Waals surface area (Å²) in [7, 11) is 0. The summed E-state index contributed by atoms with van der Waals surface area (Å²) in [6.45, 7) is 4.67. The van der Waals surface area contributed by atoms with Crippen molar-refractivity contribution in [3.8, 4) is 0 Å². The van der Waals surface area contributed by atoms with Gasteiger partial charge in [0.25, 0.3) is 0 Å². The van der Waals surface area contributed by atoms with Gasteiger partial charge < -0.3 is 24.8 Å². The van der Waals surface area contributed by atoms with Crippen molar-refractivity contribution < 1.29 is 23.6 Å². The fourth-order valence-corrected chi connectivity index (χ4v) is 4.00. The summed E-state index contributed by atoms with van der Waals surface area (Å²) in [4.78, 5) is 39.8. The Labute approximate surface area is 204 Å². The van der Waals surface area contributed by atoms with Gasteiger partial charge in [-0.3, -0.25) is 9.59 Å². The van der Waals surface area contributed by atoms with Crippen LogP contribution in [0.3, 0.4) is 0 Å². The molecule has 0 radical (unpaired) electrons. The van der Waals surface area contributed by atoms with E-state index in [1.165, 1.54) is 0 Å². The minimum atomic E-state index is -0.617. The number of carbonyl (C=O) groups is 3. The van der Waals surface area contributed by atoms with Crippen LogP contribution < -0.4 is 10.6 Å². The van der Waals surface area contributed by atoms with Crippen LogP contribution in [-0.4, -0.2) is 53.7 Å². The van der Waals surface area contributed by atoms with Gasteiger partial charge in [0.05, 0.1) is 18.2 Å². The van der Waals surface area contributed by atoms with E-state index in [9.17, 15) is 14.4 Å². The molecule has 3 amide bonds. The number of aromatic nitrogens is 1. The van der Waals surface area contributed by atoms with Crippen molar-refractivity contribution in [2.24, 2.45) is 0 Å². The van der Waals surface area contributed by atoms with E-state index < -0.39 is 18.2 Å². The zero-order valence-corrected chi connectivity index (χ0v) is 20.3. The van der Waals surface area contributed by atoms with E-state index >= 15 is 0 Å². The Morgan fingerprint density at radius 2 is 2.03 bits per heavy atom. The number of halogens is 1. The molecular weight excluding hydrogens is 460 g/mol. The maximum absolute atomic E-state index is 13.3. The molecule has 2 atom stereocenters. The number of nitrogens with zero attached hydrogens (tertiary/aromatic N) is 2. The smallest absolute Gasteiger partial charge is 0.407 e. The highest BCUT2D eigenvalue weighted by atomic mass is 35.5. The number of hydrogen-bond donors (Lipinski definition) is 2. The molecule has 0 unspecified atom stereocenters. The zero-order valence-electron chi connectivity index (χ0n) is 19.5. The summed E-state index contributed by atoms with van der Waals surface area (Å²) in [5, 5.41) is 10.00. The molecule has 1 aliphatic heterocycles. The van der Waals surface area contributed by atoms with Crippen molar-refractivity contribution in [3.05, 3.63) is 52.4 Å². The molecule has 1 fully saturated rings. The Balaban J connectivity index is 1.70. The van der Waals surface area contributed by atoms with Gasteiger partial charge >= 0.3 is 6.09 Å². The molecule has 1 aromatic heterocycles. The minimum absolute atomic E-state index is 0.0476. The first-order valence-corrected chi connectivity index (χ1v) is 11.9. The van der Waals surface area contributed by atoms with Crippen LogP contribution in [-0.2, 0) is 20.7 Å². The van der Waals surface area contributed by atoms with Crippen LogP contribution in [0.25, 0.3) is 0 Å². The number of amides is 3. The minimum Gasteiger partial charge on any atom is -0.447 e. The van der Waals surface area contributed by atoms with Crippen molar-refractivity contribution >= 4 is 29.5 Å². The molecular formula is C24H31ClN4O5. The number of nitrogens with one attached hydrogen (secondary N) is 2. The van der Waals surface area contributed by atoms with Gasteiger partial charge in [-0.05, 0) is 50.3 Å². The van der Waals surface area contributed by atoms with E-state index in [4.69, 9.17) is 20.9 Å². The van der Waals surface area contributed by atoms with E-state index in [2.05, 4.69) is 15.8 Å². The number of hydrogen-bond acceptors (Lipinski definition) is 6. The Morgan fingerprint density at radius 1 is 1.26 bits per heavy atom. The second kappa shape index (κ2) is 12.4. The lowest BCUT2D eigenvalue weighted by Gasteiger charge is -2.35. The molecule has 3 rings (SSSR count). The van der Waals surface area contributed by atoms with Crippen LogP contribution in [0.15, 0.2) is 34.9 Å². The van der Waals surface area contributed by atoms with Gasteiger partial charge in [0.15, 0.2) is 0 Å². The number of ether oxygens (including phenoxy) is 1. The molecule has 10 heteroatoms. The highest BCUT2D eigenvalue weighted by Crippen LogP contribution is 2.22. The average molecular weight is 491 g/mol. The van der Waals surface area contributed by atoms with E-state index in [-0.39, 0.29) is 24.8 Å². The maximum atomic E-state index is 13.3. The van der Waals surface area contributed by atoms with Crippen LogP contribution in [0.5, 0.6) is 0 Å². The molecule has 0 bridgehead atoms. The monoisotopic (exact) mass is 490 g/mol. The first-order valence-electron chi connectivity index (χ1n) is 11.6. The lowest BCUT2D eigenvalue weighted by atomic mass is 9.99. The number of rotatable bonds is 9. The first-order chi connectivity index (χ1) is 16.4. The van der Waals surface area contributed by atoms with E-state index in [0.717, 1.165) is 24.8 Å². The number of benzene rings is 1. The molecule has 1 aromatic carbocycles. The summed E-state index contributed by atoms with van der Waals surface area (Å²) >= 11 is 6.01. The summed E-state index contributed by atoms with van der Waals surface area (Å²) < 4.78 is 10.5. The SMILES string of the molecule is CCCNC(=O)OC[C@H](NC(=O)[C@@H]1CCCCN1C(=O)Cc1cc(C)no1)c1ccc(Cl)cc1. The number of carbonyl (C=O) groups excluding carboxylic acids is 3. The molecule has 0 spiro atoms. The number of likely N-dealkylation sites (tertiary alicyclic amines) is 1. The molecule has 2 heterocycles. The molecule has 184 valence electrons. The Morgan fingerprint density at radius 3 is 2.71 bits per heavy atom. The molecule has 1 aliphatic rings. The van der Waals surface area contributed by atoms with E-state index in [1.54, 1.807) is 42.2 Å². The molecule has 2 N–H and O–H groups in total. The first kappa shape index (κ1) is 25.6. The molecule has 0 saturated carbocycles. The van der Waals surface area contributed by atoms with Crippen LogP contribution in [0.2, 0.25) is 5.02 Å². The van der Waals surface area contributed by atoms with Gasteiger partial charge in [0.1, 0.15) is 18.4 Å². The Kier molecular flexibility index (Phi) is 9.33. The van der Waals surface area contributed by atoms with Gasteiger partial charge in [-0.2, -0.15) is 0 Å². The van der Waals surface area contributed by atoms with Crippen LogP contribution in [0, 0.1) is 6.92 Å². The topological polar surface area (TPSA) is 114 Å². The van der Waals surface area contributed by atoms with E-state index in [1.807, 2.05) is 6.92 Å². The quantitative estimate of drug-likeness (QED) is 0.555. The van der Waals surface area contributed by atoms with Crippen molar-refractivity contribution in [1.29, 1.82) is 0 Å². The number of piperidine rings is 1. The van der Waals surface area contributed by atoms with Gasteiger partial charge in [-0.15, -0.1) is 0 Å². The highest BCUT2D eigenvalue weighted by Gasteiger charge is 2.34. The molecule has 34 heavy (non-hydrogen) atoms. The Bertz CT molecular complexity index is 978. The third-order valence-corrected chi connectivity index (χ3v) is 5.87. The summed E-state index contributed by atoms with van der Waals surface area (Å²) in [6, 6.07) is 7.48.